The van der Waals surface area contributed by atoms with Gasteiger partial charge < -0.3 is 14.6 Å². The quantitative estimate of drug-likeness (QED) is 0.640. The fourth-order valence-corrected chi connectivity index (χ4v) is 4.29. The standard InChI is InChI=1S/C17H19N5O2/c23-22-7-5-12(6-8-22)17(11-22)10-19-16(24-17)21-15-9-18-13-3-1-2-4-14(13)20-15/h1-4,9,12H,5-8,10-11H2,(H,19,20,21). The molecule has 3 saturated heterocycles. The van der Waals surface area contributed by atoms with E-state index < -0.39 is 5.60 Å². The monoisotopic (exact) mass is 325 g/mol. The van der Waals surface area contributed by atoms with E-state index in [1.165, 1.54) is 0 Å². The number of hydroxylamine groups is 3. The number of hydrogen-bond donors (Lipinski definition) is 1. The number of aliphatic imine (C=N–C) groups is 1. The maximum Gasteiger partial charge on any atom is 0.291 e. The lowest BCUT2D eigenvalue weighted by molar-refractivity contribution is -0.905. The lowest BCUT2D eigenvalue weighted by Gasteiger charge is -2.58. The second-order valence-corrected chi connectivity index (χ2v) is 7.09. The molecular weight excluding hydrogens is 306 g/mol. The molecule has 4 aliphatic rings. The molecule has 1 aromatic heterocycles. The highest BCUT2D eigenvalue weighted by Gasteiger charge is 2.56. The summed E-state index contributed by atoms with van der Waals surface area (Å²) in [5, 5.41) is 15.8. The molecule has 124 valence electrons. The van der Waals surface area contributed by atoms with Crippen LogP contribution in [0.3, 0.4) is 0 Å². The first-order valence-corrected chi connectivity index (χ1v) is 8.44. The first-order chi connectivity index (χ1) is 11.6. The Bertz CT molecular complexity index is 831. The molecule has 3 fully saturated rings. The summed E-state index contributed by atoms with van der Waals surface area (Å²) in [5.41, 5.74) is 1.25. The number of anilines is 1. The zero-order valence-corrected chi connectivity index (χ0v) is 13.3. The van der Waals surface area contributed by atoms with Gasteiger partial charge in [-0.15, -0.1) is 0 Å². The molecule has 0 aliphatic carbocycles. The second-order valence-electron chi connectivity index (χ2n) is 7.09. The molecule has 2 aromatic rings. The van der Waals surface area contributed by atoms with E-state index >= 15 is 0 Å². The topological polar surface area (TPSA) is 82.5 Å². The van der Waals surface area contributed by atoms with E-state index in [0.29, 0.717) is 43.9 Å². The van der Waals surface area contributed by atoms with Gasteiger partial charge in [0.05, 0.1) is 36.9 Å². The smallest absolute Gasteiger partial charge is 0.291 e. The van der Waals surface area contributed by atoms with Crippen LogP contribution in [0.2, 0.25) is 0 Å². The Morgan fingerprint density at radius 2 is 2.00 bits per heavy atom. The summed E-state index contributed by atoms with van der Waals surface area (Å²) in [6, 6.07) is 8.18. The summed E-state index contributed by atoms with van der Waals surface area (Å²) < 4.78 is 6.03. The number of quaternary nitrogens is 1. The van der Waals surface area contributed by atoms with Crippen LogP contribution in [0.5, 0.6) is 0 Å². The summed E-state index contributed by atoms with van der Waals surface area (Å²) in [5.74, 6) is 1.04. The van der Waals surface area contributed by atoms with Crippen molar-refractivity contribution in [3.05, 3.63) is 35.7 Å². The Hall–Kier alpha value is -2.25. The van der Waals surface area contributed by atoms with Crippen molar-refractivity contribution in [2.75, 3.05) is 31.5 Å². The van der Waals surface area contributed by atoms with Gasteiger partial charge in [0.1, 0.15) is 6.54 Å². The third-order valence-electron chi connectivity index (χ3n) is 5.54. The summed E-state index contributed by atoms with van der Waals surface area (Å²) >= 11 is 0. The van der Waals surface area contributed by atoms with Gasteiger partial charge in [0.15, 0.2) is 11.4 Å². The minimum absolute atomic E-state index is 0.130. The minimum atomic E-state index is -0.426. The van der Waals surface area contributed by atoms with Gasteiger partial charge in [-0.25, -0.2) is 9.98 Å². The molecule has 7 nitrogen and oxygen atoms in total. The average Bonchev–Trinajstić information content (AvgIpc) is 2.97. The second kappa shape index (κ2) is 4.87. The third kappa shape index (κ3) is 2.16. The van der Waals surface area contributed by atoms with Crippen LogP contribution < -0.4 is 5.32 Å². The van der Waals surface area contributed by atoms with E-state index in [4.69, 9.17) is 4.74 Å². The normalized spacial score (nSPS) is 34.4. The summed E-state index contributed by atoms with van der Waals surface area (Å²) in [4.78, 5) is 13.4. The first kappa shape index (κ1) is 14.1. The van der Waals surface area contributed by atoms with E-state index in [-0.39, 0.29) is 4.65 Å². The van der Waals surface area contributed by atoms with Gasteiger partial charge in [-0.2, -0.15) is 0 Å². The highest BCUT2D eigenvalue weighted by Crippen LogP contribution is 2.44. The Kier molecular flexibility index (Phi) is 2.87. The minimum Gasteiger partial charge on any atom is -0.633 e. The number of ether oxygens (including phenoxy) is 1. The van der Waals surface area contributed by atoms with Crippen LogP contribution in [0, 0.1) is 11.1 Å². The number of benzene rings is 1. The van der Waals surface area contributed by atoms with Crippen molar-refractivity contribution in [1.29, 1.82) is 0 Å². The van der Waals surface area contributed by atoms with Crippen LogP contribution in [0.15, 0.2) is 35.5 Å². The SMILES string of the molecule is [O-][N+]12CCC(CC1)C1(CN=C(Nc3cnc4ccccc4n3)O1)C2. The van der Waals surface area contributed by atoms with E-state index in [0.717, 1.165) is 23.9 Å². The van der Waals surface area contributed by atoms with Gasteiger partial charge in [0, 0.05) is 18.8 Å². The van der Waals surface area contributed by atoms with Gasteiger partial charge in [-0.1, -0.05) is 12.1 Å². The van der Waals surface area contributed by atoms with E-state index in [1.807, 2.05) is 24.3 Å². The van der Waals surface area contributed by atoms with Crippen molar-refractivity contribution in [3.63, 3.8) is 0 Å². The molecule has 24 heavy (non-hydrogen) atoms. The number of nitrogens with zero attached hydrogens (tertiary/aromatic N) is 4. The number of hydrogen-bond acceptors (Lipinski definition) is 6. The number of para-hydroxylation sites is 2. The molecule has 1 spiro atoms. The van der Waals surface area contributed by atoms with Crippen LogP contribution in [-0.2, 0) is 4.74 Å². The zero-order valence-electron chi connectivity index (χ0n) is 13.3. The summed E-state index contributed by atoms with van der Waals surface area (Å²) in [7, 11) is 0. The third-order valence-corrected chi connectivity index (χ3v) is 5.54. The van der Waals surface area contributed by atoms with Crippen molar-refractivity contribution < 1.29 is 9.38 Å². The van der Waals surface area contributed by atoms with Crippen molar-refractivity contribution in [2.24, 2.45) is 10.9 Å². The average molecular weight is 325 g/mol. The van der Waals surface area contributed by atoms with Gasteiger partial charge >= 0.3 is 0 Å². The lowest BCUT2D eigenvalue weighted by Crippen LogP contribution is -2.67. The summed E-state index contributed by atoms with van der Waals surface area (Å²) in [6.07, 6.45) is 3.54. The highest BCUT2D eigenvalue weighted by molar-refractivity contribution is 5.90. The Labute approximate surface area is 139 Å². The van der Waals surface area contributed by atoms with Crippen LogP contribution in [0.25, 0.3) is 11.0 Å². The maximum atomic E-state index is 12.7. The molecule has 5 heterocycles. The van der Waals surface area contributed by atoms with Crippen LogP contribution in [0.4, 0.5) is 5.82 Å². The zero-order chi connectivity index (χ0) is 16.2. The van der Waals surface area contributed by atoms with Crippen LogP contribution in [0.1, 0.15) is 12.8 Å². The summed E-state index contributed by atoms with van der Waals surface area (Å²) in [6.45, 7) is 2.50. The number of rotatable bonds is 1. The van der Waals surface area contributed by atoms with Crippen LogP contribution in [-0.4, -0.2) is 52.4 Å². The number of piperidine rings is 3. The Morgan fingerprint density at radius 1 is 1.21 bits per heavy atom. The van der Waals surface area contributed by atoms with Crippen molar-refractivity contribution >= 4 is 22.9 Å². The molecule has 4 aliphatic heterocycles. The predicted molar refractivity (Wildman–Crippen MR) is 90.2 cm³/mol. The van der Waals surface area contributed by atoms with Crippen molar-refractivity contribution in [2.45, 2.75) is 18.4 Å². The van der Waals surface area contributed by atoms with Gasteiger partial charge in [-0.3, -0.25) is 10.3 Å². The van der Waals surface area contributed by atoms with E-state index in [2.05, 4.69) is 20.3 Å². The molecule has 7 heteroatoms. The van der Waals surface area contributed by atoms with E-state index in [9.17, 15) is 5.21 Å². The maximum absolute atomic E-state index is 12.7. The van der Waals surface area contributed by atoms with E-state index in [1.54, 1.807) is 6.20 Å². The molecule has 2 bridgehead atoms. The van der Waals surface area contributed by atoms with Crippen LogP contribution >= 0.6 is 0 Å². The molecule has 6 rings (SSSR count). The molecular formula is C17H19N5O2. The van der Waals surface area contributed by atoms with Gasteiger partial charge in [-0.05, 0) is 12.1 Å². The van der Waals surface area contributed by atoms with Gasteiger partial charge in [0.2, 0.25) is 0 Å². The van der Waals surface area contributed by atoms with Gasteiger partial charge in [0.25, 0.3) is 6.02 Å². The molecule has 0 radical (unpaired) electrons. The highest BCUT2D eigenvalue weighted by atomic mass is 16.6. The number of amidine groups is 1. The fraction of sp³-hybridized carbons (Fsp3) is 0.471. The molecule has 0 saturated carbocycles. The van der Waals surface area contributed by atoms with Crippen molar-refractivity contribution in [3.8, 4) is 0 Å². The molecule has 1 atom stereocenters. The number of fused-ring (bicyclic) bond motifs is 3. The van der Waals surface area contributed by atoms with Crippen molar-refractivity contribution in [1.82, 2.24) is 9.97 Å². The Morgan fingerprint density at radius 3 is 2.79 bits per heavy atom. The number of nitrogens with one attached hydrogen (secondary N) is 1. The molecule has 1 N–H and O–H groups in total. The Balaban J connectivity index is 1.35. The lowest BCUT2D eigenvalue weighted by atomic mass is 9.75. The number of aromatic nitrogens is 2. The largest absolute Gasteiger partial charge is 0.633 e. The molecule has 1 aromatic carbocycles. The fourth-order valence-electron chi connectivity index (χ4n) is 4.29. The predicted octanol–water partition coefficient (Wildman–Crippen LogP) is 1.90. The first-order valence-electron chi connectivity index (χ1n) is 8.44. The molecule has 1 unspecified atom stereocenters. The molecule has 0 amide bonds.